The average molecular weight is 399 g/mol. The van der Waals surface area contributed by atoms with Crippen molar-refractivity contribution in [1.82, 2.24) is 19.4 Å². The van der Waals surface area contributed by atoms with Crippen molar-refractivity contribution in [1.29, 1.82) is 0 Å². The minimum absolute atomic E-state index is 0.817. The van der Waals surface area contributed by atoms with E-state index in [0.29, 0.717) is 0 Å². The Bertz CT molecular complexity index is 1150. The van der Waals surface area contributed by atoms with Gasteiger partial charge in [0.1, 0.15) is 5.82 Å². The van der Waals surface area contributed by atoms with Crippen molar-refractivity contribution < 1.29 is 4.74 Å². The van der Waals surface area contributed by atoms with Crippen LogP contribution in [-0.4, -0.2) is 52.3 Å². The number of rotatable bonds is 5. The van der Waals surface area contributed by atoms with E-state index in [2.05, 4.69) is 69.9 Å². The van der Waals surface area contributed by atoms with Crippen molar-refractivity contribution in [2.45, 2.75) is 13.5 Å². The minimum Gasteiger partial charge on any atom is -0.379 e. The summed E-state index contributed by atoms with van der Waals surface area (Å²) in [5, 5.41) is 0. The Morgan fingerprint density at radius 2 is 1.73 bits per heavy atom. The van der Waals surface area contributed by atoms with E-state index in [1.165, 1.54) is 22.2 Å². The van der Waals surface area contributed by atoms with E-state index in [4.69, 9.17) is 9.72 Å². The molecule has 1 saturated heterocycles. The molecule has 0 aliphatic carbocycles. The summed E-state index contributed by atoms with van der Waals surface area (Å²) in [6.07, 6.45) is 3.71. The fourth-order valence-electron chi connectivity index (χ4n) is 4.25. The summed E-state index contributed by atoms with van der Waals surface area (Å²) in [4.78, 5) is 11.9. The molecule has 4 aromatic rings. The average Bonchev–Trinajstić information content (AvgIpc) is 3.18. The Hall–Kier alpha value is -3.02. The monoisotopic (exact) mass is 398 g/mol. The lowest BCUT2D eigenvalue weighted by atomic mass is 9.99. The zero-order valence-corrected chi connectivity index (χ0v) is 17.3. The second kappa shape index (κ2) is 8.38. The number of aryl methyl sites for hydroxylation is 1. The first-order chi connectivity index (χ1) is 14.8. The molecule has 2 aromatic heterocycles. The molecule has 3 heterocycles. The van der Waals surface area contributed by atoms with Crippen LogP contribution in [0.4, 0.5) is 0 Å². The van der Waals surface area contributed by atoms with Gasteiger partial charge in [0.05, 0.1) is 24.2 Å². The van der Waals surface area contributed by atoms with Crippen LogP contribution in [0.1, 0.15) is 5.56 Å². The lowest BCUT2D eigenvalue weighted by Crippen LogP contribution is -2.38. The van der Waals surface area contributed by atoms with E-state index < -0.39 is 0 Å². The van der Waals surface area contributed by atoms with Crippen molar-refractivity contribution in [3.63, 3.8) is 0 Å². The lowest BCUT2D eigenvalue weighted by molar-refractivity contribution is 0.0366. The van der Waals surface area contributed by atoms with Gasteiger partial charge in [-0.1, -0.05) is 36.4 Å². The highest BCUT2D eigenvalue weighted by molar-refractivity contribution is 5.95. The quantitative estimate of drug-likeness (QED) is 0.500. The molecule has 2 aromatic carbocycles. The molecule has 1 fully saturated rings. The summed E-state index contributed by atoms with van der Waals surface area (Å²) in [5.41, 5.74) is 6.94. The summed E-state index contributed by atoms with van der Waals surface area (Å²) in [7, 11) is 0. The van der Waals surface area contributed by atoms with Crippen LogP contribution in [0.15, 0.2) is 67.0 Å². The first-order valence-electron chi connectivity index (χ1n) is 10.6. The normalized spacial score (nSPS) is 15.0. The van der Waals surface area contributed by atoms with Crippen LogP contribution in [0.3, 0.4) is 0 Å². The molecular weight excluding hydrogens is 372 g/mol. The highest BCUT2D eigenvalue weighted by atomic mass is 16.5. The lowest BCUT2D eigenvalue weighted by Gasteiger charge is -2.27. The molecule has 5 rings (SSSR count). The molecule has 0 saturated carbocycles. The van der Waals surface area contributed by atoms with Gasteiger partial charge < -0.3 is 9.30 Å². The summed E-state index contributed by atoms with van der Waals surface area (Å²) < 4.78 is 7.86. The van der Waals surface area contributed by atoms with E-state index in [1.54, 1.807) is 0 Å². The third-order valence-corrected chi connectivity index (χ3v) is 5.88. The molecule has 0 radical (unpaired) electrons. The summed E-state index contributed by atoms with van der Waals surface area (Å²) in [6.45, 7) is 7.64. The highest BCUT2D eigenvalue weighted by Crippen LogP contribution is 2.33. The summed E-state index contributed by atoms with van der Waals surface area (Å²) >= 11 is 0. The van der Waals surface area contributed by atoms with Crippen LogP contribution in [0.2, 0.25) is 0 Å². The zero-order chi connectivity index (χ0) is 20.3. The smallest absolute Gasteiger partial charge is 0.142 e. The number of morpholine rings is 1. The Kier molecular flexibility index (Phi) is 5.30. The number of hydrogen-bond donors (Lipinski definition) is 0. The van der Waals surface area contributed by atoms with Gasteiger partial charge in [0, 0.05) is 49.7 Å². The number of imidazole rings is 1. The van der Waals surface area contributed by atoms with Crippen molar-refractivity contribution in [2.75, 3.05) is 32.8 Å². The van der Waals surface area contributed by atoms with Crippen LogP contribution in [-0.2, 0) is 11.3 Å². The fraction of sp³-hybridized carbons (Fsp3) is 0.280. The van der Waals surface area contributed by atoms with Crippen LogP contribution in [0.5, 0.6) is 0 Å². The SMILES string of the molecule is Cc1ccccc1-c1cccc2c1nc(-c1cccnc1)n2CCN1CCOCC1. The van der Waals surface area contributed by atoms with Crippen LogP contribution in [0.25, 0.3) is 33.5 Å². The molecule has 0 atom stereocenters. The van der Waals surface area contributed by atoms with Gasteiger partial charge in [-0.15, -0.1) is 0 Å². The highest BCUT2D eigenvalue weighted by Gasteiger charge is 2.18. The van der Waals surface area contributed by atoms with Gasteiger partial charge in [0.25, 0.3) is 0 Å². The third-order valence-electron chi connectivity index (χ3n) is 5.88. The number of fused-ring (bicyclic) bond motifs is 1. The van der Waals surface area contributed by atoms with Crippen LogP contribution in [0, 0.1) is 6.92 Å². The standard InChI is InChI=1S/C25H26N4O/c1-19-6-2-3-8-21(19)22-9-4-10-23-24(22)27-25(20-7-5-11-26-18-20)29(23)13-12-28-14-16-30-17-15-28/h2-11,18H,12-17H2,1H3. The van der Waals surface area contributed by atoms with E-state index in [9.17, 15) is 0 Å². The molecule has 5 heteroatoms. The molecular formula is C25H26N4O. The molecule has 0 spiro atoms. The Morgan fingerprint density at radius 3 is 2.53 bits per heavy atom. The van der Waals surface area contributed by atoms with E-state index in [1.807, 2.05) is 18.5 Å². The first-order valence-corrected chi connectivity index (χ1v) is 10.6. The van der Waals surface area contributed by atoms with Crippen molar-refractivity contribution in [2.24, 2.45) is 0 Å². The van der Waals surface area contributed by atoms with Gasteiger partial charge in [0.2, 0.25) is 0 Å². The number of aromatic nitrogens is 3. The van der Waals surface area contributed by atoms with Gasteiger partial charge in [-0.2, -0.15) is 0 Å². The molecule has 30 heavy (non-hydrogen) atoms. The molecule has 0 bridgehead atoms. The Labute approximate surface area is 177 Å². The number of nitrogens with zero attached hydrogens (tertiary/aromatic N) is 4. The minimum atomic E-state index is 0.817. The summed E-state index contributed by atoms with van der Waals surface area (Å²) in [5.74, 6) is 0.979. The van der Waals surface area contributed by atoms with Crippen LogP contribution < -0.4 is 0 Å². The molecule has 5 nitrogen and oxygen atoms in total. The van der Waals surface area contributed by atoms with Crippen molar-refractivity contribution >= 4 is 11.0 Å². The molecule has 152 valence electrons. The zero-order valence-electron chi connectivity index (χ0n) is 17.3. The van der Waals surface area contributed by atoms with Gasteiger partial charge in [-0.3, -0.25) is 9.88 Å². The predicted octanol–water partition coefficient (Wildman–Crippen LogP) is 4.41. The molecule has 0 amide bonds. The second-order valence-electron chi connectivity index (χ2n) is 7.77. The number of para-hydroxylation sites is 1. The van der Waals surface area contributed by atoms with Gasteiger partial charge in [0.15, 0.2) is 0 Å². The molecule has 0 N–H and O–H groups in total. The fourth-order valence-corrected chi connectivity index (χ4v) is 4.25. The van der Waals surface area contributed by atoms with Crippen molar-refractivity contribution in [3.05, 3.63) is 72.6 Å². The second-order valence-corrected chi connectivity index (χ2v) is 7.77. The van der Waals surface area contributed by atoms with E-state index >= 15 is 0 Å². The van der Waals surface area contributed by atoms with Gasteiger partial charge >= 0.3 is 0 Å². The molecule has 1 aliphatic heterocycles. The maximum absolute atomic E-state index is 5.51. The van der Waals surface area contributed by atoms with Gasteiger partial charge in [-0.25, -0.2) is 4.98 Å². The van der Waals surface area contributed by atoms with Crippen LogP contribution >= 0.6 is 0 Å². The number of hydrogen-bond acceptors (Lipinski definition) is 4. The topological polar surface area (TPSA) is 43.2 Å². The maximum atomic E-state index is 5.51. The Morgan fingerprint density at radius 1 is 0.900 bits per heavy atom. The number of benzene rings is 2. The third kappa shape index (κ3) is 3.62. The largest absolute Gasteiger partial charge is 0.379 e. The maximum Gasteiger partial charge on any atom is 0.142 e. The molecule has 0 unspecified atom stereocenters. The first kappa shape index (κ1) is 19.0. The molecule has 1 aliphatic rings. The van der Waals surface area contributed by atoms with E-state index in [0.717, 1.165) is 56.3 Å². The number of pyridine rings is 1. The Balaban J connectivity index is 1.62. The summed E-state index contributed by atoms with van der Waals surface area (Å²) in [6, 6.07) is 19.1. The van der Waals surface area contributed by atoms with Crippen molar-refractivity contribution in [3.8, 4) is 22.5 Å². The predicted molar refractivity (Wildman–Crippen MR) is 120 cm³/mol. The number of ether oxygens (including phenoxy) is 1. The van der Waals surface area contributed by atoms with E-state index in [-0.39, 0.29) is 0 Å². The van der Waals surface area contributed by atoms with Gasteiger partial charge in [-0.05, 0) is 36.2 Å².